The minimum atomic E-state index is -0.441. The molecular weight excluding hydrogens is 297 g/mol. The molecule has 0 saturated heterocycles. The van der Waals surface area contributed by atoms with Gasteiger partial charge in [0.25, 0.3) is 0 Å². The Morgan fingerprint density at radius 3 is 2.87 bits per heavy atom. The minimum absolute atomic E-state index is 0.144. The maximum Gasteiger partial charge on any atom is 0.231 e. The number of hydrogen-bond donors (Lipinski definition) is 0. The molecule has 0 bridgehead atoms. The number of benzene rings is 2. The number of fused-ring (bicyclic) bond motifs is 1. The fraction of sp³-hybridized carbons (Fsp3) is 0.278. The summed E-state index contributed by atoms with van der Waals surface area (Å²) in [4.78, 5) is 14.1. The molecule has 1 aliphatic heterocycles. The lowest BCUT2D eigenvalue weighted by molar-refractivity contribution is -0.118. The second-order valence-corrected chi connectivity index (χ2v) is 5.41. The molecule has 0 spiro atoms. The number of rotatable bonds is 4. The number of carbonyl (C=O) groups excluding carboxylic acids is 1. The van der Waals surface area contributed by atoms with E-state index in [2.05, 4.69) is 0 Å². The van der Waals surface area contributed by atoms with Gasteiger partial charge >= 0.3 is 0 Å². The maximum atomic E-state index is 14.1. The molecule has 1 aliphatic rings. The predicted molar refractivity (Wildman–Crippen MR) is 85.1 cm³/mol. The van der Waals surface area contributed by atoms with Gasteiger partial charge in [-0.2, -0.15) is 0 Å². The number of anilines is 1. The summed E-state index contributed by atoms with van der Waals surface area (Å²) < 4.78 is 24.6. The molecule has 0 fully saturated rings. The van der Waals surface area contributed by atoms with Gasteiger partial charge in [-0.25, -0.2) is 4.39 Å². The zero-order valence-electron chi connectivity index (χ0n) is 12.9. The van der Waals surface area contributed by atoms with Crippen molar-refractivity contribution in [3.8, 4) is 5.75 Å². The van der Waals surface area contributed by atoms with Gasteiger partial charge in [-0.3, -0.25) is 4.79 Å². The molecule has 1 heterocycles. The van der Waals surface area contributed by atoms with Crippen molar-refractivity contribution >= 4 is 11.6 Å². The summed E-state index contributed by atoms with van der Waals surface area (Å²) in [6.07, 6.45) is 0.214. The van der Waals surface area contributed by atoms with Crippen molar-refractivity contribution in [2.45, 2.75) is 13.0 Å². The van der Waals surface area contributed by atoms with Crippen LogP contribution in [0.3, 0.4) is 0 Å². The highest BCUT2D eigenvalue weighted by molar-refractivity contribution is 5.96. The van der Waals surface area contributed by atoms with E-state index in [1.54, 1.807) is 19.2 Å². The molecule has 120 valence electrons. The van der Waals surface area contributed by atoms with Crippen molar-refractivity contribution in [3.63, 3.8) is 0 Å². The molecule has 4 nitrogen and oxygen atoms in total. The predicted octanol–water partition coefficient (Wildman–Crippen LogP) is 2.94. The molecule has 1 amide bonds. The third kappa shape index (κ3) is 3.35. The first-order valence-corrected chi connectivity index (χ1v) is 7.47. The summed E-state index contributed by atoms with van der Waals surface area (Å²) in [5.74, 6) is -0.171. The number of amides is 1. The van der Waals surface area contributed by atoms with Gasteiger partial charge in [0.15, 0.2) is 5.82 Å². The first kappa shape index (κ1) is 15.5. The van der Waals surface area contributed by atoms with E-state index >= 15 is 0 Å². The van der Waals surface area contributed by atoms with Gasteiger partial charge < -0.3 is 14.4 Å². The van der Waals surface area contributed by atoms with Crippen molar-refractivity contribution < 1.29 is 18.7 Å². The molecule has 0 unspecified atom stereocenters. The Hall–Kier alpha value is -2.40. The Bertz CT molecular complexity index is 717. The molecule has 5 heteroatoms. The number of para-hydroxylation sites is 1. The lowest BCUT2D eigenvalue weighted by Gasteiger charge is -2.29. The number of carbonyl (C=O) groups is 1. The first-order valence-electron chi connectivity index (χ1n) is 7.47. The van der Waals surface area contributed by atoms with E-state index in [1.165, 1.54) is 11.0 Å². The minimum Gasteiger partial charge on any atom is -0.489 e. The Labute approximate surface area is 134 Å². The molecule has 0 aromatic heterocycles. The van der Waals surface area contributed by atoms with Crippen molar-refractivity contribution in [2.24, 2.45) is 0 Å². The lowest BCUT2D eigenvalue weighted by atomic mass is 10.1. The van der Waals surface area contributed by atoms with Gasteiger partial charge in [0, 0.05) is 7.11 Å². The normalized spacial score (nSPS) is 13.4. The van der Waals surface area contributed by atoms with E-state index in [-0.39, 0.29) is 18.0 Å². The standard InChI is InChI=1S/C18H18FNO3/c1-22-12-14-5-2-4-13(10-14)11-17(21)20-8-9-23-16-7-3-6-15(19)18(16)20/h2-7,10H,8-9,11-12H2,1H3. The van der Waals surface area contributed by atoms with E-state index in [0.717, 1.165) is 11.1 Å². The van der Waals surface area contributed by atoms with Gasteiger partial charge in [-0.1, -0.05) is 30.3 Å². The van der Waals surface area contributed by atoms with Crippen LogP contribution in [0.5, 0.6) is 5.75 Å². The molecule has 2 aromatic rings. The molecular formula is C18H18FNO3. The van der Waals surface area contributed by atoms with Gasteiger partial charge in [-0.05, 0) is 23.3 Å². The molecule has 2 aromatic carbocycles. The van der Waals surface area contributed by atoms with E-state index < -0.39 is 5.82 Å². The Morgan fingerprint density at radius 2 is 2.04 bits per heavy atom. The largest absolute Gasteiger partial charge is 0.489 e. The topological polar surface area (TPSA) is 38.8 Å². The summed E-state index contributed by atoms with van der Waals surface area (Å²) >= 11 is 0. The molecule has 0 aliphatic carbocycles. The SMILES string of the molecule is COCc1cccc(CC(=O)N2CCOc3cccc(F)c32)c1. The lowest BCUT2D eigenvalue weighted by Crippen LogP contribution is -2.39. The smallest absolute Gasteiger partial charge is 0.231 e. The van der Waals surface area contributed by atoms with E-state index in [1.807, 2.05) is 24.3 Å². The summed E-state index contributed by atoms with van der Waals surface area (Å²) in [6.45, 7) is 1.22. The van der Waals surface area contributed by atoms with Crippen LogP contribution < -0.4 is 9.64 Å². The van der Waals surface area contributed by atoms with Crippen LogP contribution in [-0.2, 0) is 22.6 Å². The molecule has 0 radical (unpaired) electrons. The second kappa shape index (κ2) is 6.79. The third-order valence-corrected chi connectivity index (χ3v) is 3.75. The van der Waals surface area contributed by atoms with Crippen molar-refractivity contribution in [2.75, 3.05) is 25.2 Å². The van der Waals surface area contributed by atoms with E-state index in [9.17, 15) is 9.18 Å². The average molecular weight is 315 g/mol. The van der Waals surface area contributed by atoms with E-state index in [4.69, 9.17) is 9.47 Å². The molecule has 23 heavy (non-hydrogen) atoms. The number of ether oxygens (including phenoxy) is 2. The summed E-state index contributed by atoms with van der Waals surface area (Å²) in [6, 6.07) is 12.3. The van der Waals surface area contributed by atoms with E-state index in [0.29, 0.717) is 25.5 Å². The highest BCUT2D eigenvalue weighted by Gasteiger charge is 2.26. The van der Waals surface area contributed by atoms with Crippen molar-refractivity contribution in [1.82, 2.24) is 0 Å². The fourth-order valence-electron chi connectivity index (χ4n) is 2.75. The third-order valence-electron chi connectivity index (χ3n) is 3.75. The molecule has 3 rings (SSSR count). The fourth-order valence-corrected chi connectivity index (χ4v) is 2.75. The number of hydrogen-bond acceptors (Lipinski definition) is 3. The number of halogens is 1. The summed E-state index contributed by atoms with van der Waals surface area (Å²) in [5.41, 5.74) is 2.12. The van der Waals surface area contributed by atoms with Crippen LogP contribution >= 0.6 is 0 Å². The first-order chi connectivity index (χ1) is 11.2. The van der Waals surface area contributed by atoms with Crippen LogP contribution in [-0.4, -0.2) is 26.2 Å². The van der Waals surface area contributed by atoms with Crippen molar-refractivity contribution in [1.29, 1.82) is 0 Å². The van der Waals surface area contributed by atoms with Crippen LogP contribution in [0.15, 0.2) is 42.5 Å². The van der Waals surface area contributed by atoms with Gasteiger partial charge in [0.1, 0.15) is 18.0 Å². The molecule has 0 atom stereocenters. The Kier molecular flexibility index (Phi) is 4.57. The van der Waals surface area contributed by atoms with Crippen LogP contribution in [0.1, 0.15) is 11.1 Å². The van der Waals surface area contributed by atoms with Crippen LogP contribution in [0.25, 0.3) is 0 Å². The Morgan fingerprint density at radius 1 is 1.26 bits per heavy atom. The highest BCUT2D eigenvalue weighted by atomic mass is 19.1. The Balaban J connectivity index is 1.81. The summed E-state index contributed by atoms with van der Waals surface area (Å²) in [5, 5.41) is 0. The van der Waals surface area contributed by atoms with Crippen LogP contribution in [0.2, 0.25) is 0 Å². The zero-order valence-corrected chi connectivity index (χ0v) is 12.9. The number of nitrogens with zero attached hydrogens (tertiary/aromatic N) is 1. The van der Waals surface area contributed by atoms with Crippen molar-refractivity contribution in [3.05, 3.63) is 59.4 Å². The zero-order chi connectivity index (χ0) is 16.2. The maximum absolute atomic E-state index is 14.1. The van der Waals surface area contributed by atoms with Crippen LogP contribution in [0.4, 0.5) is 10.1 Å². The van der Waals surface area contributed by atoms with Gasteiger partial charge in [0.05, 0.1) is 19.6 Å². The second-order valence-electron chi connectivity index (χ2n) is 5.41. The quantitative estimate of drug-likeness (QED) is 0.871. The average Bonchev–Trinajstić information content (AvgIpc) is 2.55. The molecule has 0 saturated carbocycles. The highest BCUT2D eigenvalue weighted by Crippen LogP contribution is 2.34. The monoisotopic (exact) mass is 315 g/mol. The molecule has 0 N–H and O–H groups in total. The number of methoxy groups -OCH3 is 1. The summed E-state index contributed by atoms with van der Waals surface area (Å²) in [7, 11) is 1.63. The van der Waals surface area contributed by atoms with Gasteiger partial charge in [-0.15, -0.1) is 0 Å². The van der Waals surface area contributed by atoms with Gasteiger partial charge in [0.2, 0.25) is 5.91 Å². The van der Waals surface area contributed by atoms with Crippen LogP contribution in [0, 0.1) is 5.82 Å².